The standard InChI is InChI=1S/C16H15N3O2S2/c1-19(2)13-6-5-10(9-17-13)16-18-15(11-4-3-7-22-11)12(23-16)8-14(20)21/h3-7,9H,8H2,1-2H3,(H,20,21)/p-1. The number of anilines is 1. The van der Waals surface area contributed by atoms with Gasteiger partial charge in [-0.25, -0.2) is 9.97 Å². The van der Waals surface area contributed by atoms with Crippen molar-refractivity contribution in [2.75, 3.05) is 19.0 Å². The van der Waals surface area contributed by atoms with Gasteiger partial charge in [-0.2, -0.15) is 0 Å². The Bertz CT molecular complexity index is 808. The number of thiophene rings is 1. The first-order valence-electron chi connectivity index (χ1n) is 6.92. The number of carboxylic acids is 1. The van der Waals surface area contributed by atoms with Gasteiger partial charge in [-0.1, -0.05) is 6.07 Å². The van der Waals surface area contributed by atoms with Crippen molar-refractivity contribution < 1.29 is 9.90 Å². The summed E-state index contributed by atoms with van der Waals surface area (Å²) in [7, 11) is 3.86. The number of carbonyl (C=O) groups excluding carboxylic acids is 1. The van der Waals surface area contributed by atoms with E-state index in [-0.39, 0.29) is 6.42 Å². The molecule has 3 heterocycles. The predicted octanol–water partition coefficient (Wildman–Crippen LogP) is 2.29. The lowest BCUT2D eigenvalue weighted by Crippen LogP contribution is -2.24. The van der Waals surface area contributed by atoms with E-state index in [4.69, 9.17) is 0 Å². The Morgan fingerprint density at radius 1 is 1.30 bits per heavy atom. The SMILES string of the molecule is CN(C)c1ccc(-c2nc(-c3cccs3)c(CC(=O)[O-])s2)cn1. The molecule has 23 heavy (non-hydrogen) atoms. The molecule has 118 valence electrons. The van der Waals surface area contributed by atoms with Crippen molar-refractivity contribution in [1.29, 1.82) is 0 Å². The van der Waals surface area contributed by atoms with Gasteiger partial charge in [-0.3, -0.25) is 0 Å². The van der Waals surface area contributed by atoms with E-state index >= 15 is 0 Å². The van der Waals surface area contributed by atoms with Crippen molar-refractivity contribution in [3.8, 4) is 21.1 Å². The molecule has 0 unspecified atom stereocenters. The van der Waals surface area contributed by atoms with Crippen LogP contribution in [0.3, 0.4) is 0 Å². The number of thiazole rings is 1. The molecule has 3 aromatic rings. The maximum atomic E-state index is 11.0. The van der Waals surface area contributed by atoms with Crippen LogP contribution in [0.15, 0.2) is 35.8 Å². The first kappa shape index (κ1) is 15.6. The zero-order valence-electron chi connectivity index (χ0n) is 12.6. The molecule has 0 saturated heterocycles. The third kappa shape index (κ3) is 3.40. The lowest BCUT2D eigenvalue weighted by Gasteiger charge is -2.10. The molecule has 0 radical (unpaired) electrons. The molecule has 0 N–H and O–H groups in total. The number of aliphatic carboxylic acids is 1. The Hall–Kier alpha value is -2.25. The molecule has 0 aliphatic rings. The highest BCUT2D eigenvalue weighted by Crippen LogP contribution is 2.36. The van der Waals surface area contributed by atoms with Gasteiger partial charge in [-0.05, 0) is 23.6 Å². The lowest BCUT2D eigenvalue weighted by molar-refractivity contribution is -0.304. The summed E-state index contributed by atoms with van der Waals surface area (Å²) < 4.78 is 0. The van der Waals surface area contributed by atoms with E-state index in [1.165, 1.54) is 11.3 Å². The lowest BCUT2D eigenvalue weighted by atomic mass is 10.2. The number of nitrogens with zero attached hydrogens (tertiary/aromatic N) is 3. The van der Waals surface area contributed by atoms with Gasteiger partial charge in [0.15, 0.2) is 0 Å². The van der Waals surface area contributed by atoms with E-state index in [9.17, 15) is 9.90 Å². The second-order valence-electron chi connectivity index (χ2n) is 5.12. The van der Waals surface area contributed by atoms with E-state index in [1.54, 1.807) is 17.5 Å². The predicted molar refractivity (Wildman–Crippen MR) is 91.7 cm³/mol. The highest BCUT2D eigenvalue weighted by Gasteiger charge is 2.15. The summed E-state index contributed by atoms with van der Waals surface area (Å²) in [6.45, 7) is 0. The van der Waals surface area contributed by atoms with E-state index in [0.717, 1.165) is 27.0 Å². The number of rotatable bonds is 5. The quantitative estimate of drug-likeness (QED) is 0.710. The summed E-state index contributed by atoms with van der Waals surface area (Å²) in [5.41, 5.74) is 1.60. The minimum Gasteiger partial charge on any atom is -0.550 e. The van der Waals surface area contributed by atoms with E-state index in [0.29, 0.717) is 4.88 Å². The second-order valence-corrected chi connectivity index (χ2v) is 7.15. The fourth-order valence-electron chi connectivity index (χ4n) is 2.11. The average Bonchev–Trinajstić information content (AvgIpc) is 3.16. The molecule has 0 aliphatic heterocycles. The van der Waals surface area contributed by atoms with Crippen LogP contribution in [-0.4, -0.2) is 30.0 Å². The maximum absolute atomic E-state index is 11.0. The number of carboxylic acid groups (broad SMARTS) is 1. The first-order valence-corrected chi connectivity index (χ1v) is 8.61. The van der Waals surface area contributed by atoms with Crippen LogP contribution >= 0.6 is 22.7 Å². The Morgan fingerprint density at radius 3 is 2.70 bits per heavy atom. The van der Waals surface area contributed by atoms with Crippen LogP contribution in [0.5, 0.6) is 0 Å². The molecule has 0 amide bonds. The van der Waals surface area contributed by atoms with Crippen molar-refractivity contribution in [3.63, 3.8) is 0 Å². The molecule has 0 bridgehead atoms. The molecule has 7 heteroatoms. The number of carbonyl (C=O) groups is 1. The van der Waals surface area contributed by atoms with Gasteiger partial charge in [-0.15, -0.1) is 22.7 Å². The minimum atomic E-state index is -1.10. The van der Waals surface area contributed by atoms with Crippen LogP contribution < -0.4 is 10.0 Å². The smallest absolute Gasteiger partial charge is 0.127 e. The third-order valence-electron chi connectivity index (χ3n) is 3.21. The van der Waals surface area contributed by atoms with Gasteiger partial charge in [0.05, 0.1) is 10.6 Å². The van der Waals surface area contributed by atoms with Crippen LogP contribution in [0.4, 0.5) is 5.82 Å². The molecule has 3 rings (SSSR count). The molecular formula is C16H14N3O2S2-. The van der Waals surface area contributed by atoms with E-state index in [2.05, 4.69) is 9.97 Å². The Labute approximate surface area is 141 Å². The Morgan fingerprint density at radius 2 is 2.13 bits per heavy atom. The monoisotopic (exact) mass is 344 g/mol. The van der Waals surface area contributed by atoms with Crippen molar-refractivity contribution in [2.24, 2.45) is 0 Å². The molecule has 0 saturated carbocycles. The molecule has 5 nitrogen and oxygen atoms in total. The second kappa shape index (κ2) is 6.47. The fourth-order valence-corrected chi connectivity index (χ4v) is 3.97. The summed E-state index contributed by atoms with van der Waals surface area (Å²) in [5.74, 6) is -0.238. The molecule has 0 aliphatic carbocycles. The molecule has 0 fully saturated rings. The highest BCUT2D eigenvalue weighted by atomic mass is 32.1. The highest BCUT2D eigenvalue weighted by molar-refractivity contribution is 7.17. The van der Waals surface area contributed by atoms with Crippen LogP contribution in [0.2, 0.25) is 0 Å². The van der Waals surface area contributed by atoms with E-state index in [1.807, 2.05) is 48.6 Å². The third-order valence-corrected chi connectivity index (χ3v) is 5.19. The summed E-state index contributed by atoms with van der Waals surface area (Å²) in [6.07, 6.45) is 1.63. The van der Waals surface area contributed by atoms with Crippen LogP contribution in [0, 0.1) is 0 Å². The zero-order valence-corrected chi connectivity index (χ0v) is 14.3. The molecule has 0 atom stereocenters. The van der Waals surface area contributed by atoms with Crippen LogP contribution in [-0.2, 0) is 11.2 Å². The number of hydrogen-bond acceptors (Lipinski definition) is 7. The number of hydrogen-bond donors (Lipinski definition) is 0. The Kier molecular flexibility index (Phi) is 4.40. The zero-order chi connectivity index (χ0) is 16.4. The van der Waals surface area contributed by atoms with Gasteiger partial charge in [0.2, 0.25) is 0 Å². The largest absolute Gasteiger partial charge is 0.550 e. The molecule has 3 aromatic heterocycles. The normalized spacial score (nSPS) is 10.7. The van der Waals surface area contributed by atoms with Crippen LogP contribution in [0.1, 0.15) is 4.88 Å². The maximum Gasteiger partial charge on any atom is 0.127 e. The van der Waals surface area contributed by atoms with Gasteiger partial charge in [0, 0.05) is 43.1 Å². The fraction of sp³-hybridized carbons (Fsp3) is 0.188. The van der Waals surface area contributed by atoms with Crippen molar-refractivity contribution >= 4 is 34.5 Å². The number of aromatic nitrogens is 2. The van der Waals surface area contributed by atoms with E-state index < -0.39 is 5.97 Å². The van der Waals surface area contributed by atoms with Gasteiger partial charge >= 0.3 is 0 Å². The van der Waals surface area contributed by atoms with Gasteiger partial charge < -0.3 is 14.8 Å². The Balaban J connectivity index is 2.01. The summed E-state index contributed by atoms with van der Waals surface area (Å²) in [6, 6.07) is 7.73. The molecule has 0 aromatic carbocycles. The van der Waals surface area contributed by atoms with Crippen molar-refractivity contribution in [3.05, 3.63) is 40.7 Å². The van der Waals surface area contributed by atoms with Crippen LogP contribution in [0.25, 0.3) is 21.1 Å². The molecular weight excluding hydrogens is 330 g/mol. The summed E-state index contributed by atoms with van der Waals surface area (Å²) >= 11 is 2.92. The van der Waals surface area contributed by atoms with Gasteiger partial charge in [0.1, 0.15) is 10.8 Å². The molecule has 0 spiro atoms. The number of pyridine rings is 1. The van der Waals surface area contributed by atoms with Gasteiger partial charge in [0.25, 0.3) is 0 Å². The van der Waals surface area contributed by atoms with Crippen molar-refractivity contribution in [2.45, 2.75) is 6.42 Å². The summed E-state index contributed by atoms with van der Waals surface area (Å²) in [5, 5.41) is 13.7. The first-order chi connectivity index (χ1) is 11.0. The topological polar surface area (TPSA) is 69.2 Å². The summed E-state index contributed by atoms with van der Waals surface area (Å²) in [4.78, 5) is 23.6. The van der Waals surface area contributed by atoms with Crippen molar-refractivity contribution in [1.82, 2.24) is 9.97 Å². The minimum absolute atomic E-state index is 0.131. The average molecular weight is 344 g/mol.